The second-order valence-corrected chi connectivity index (χ2v) is 14.0. The summed E-state index contributed by atoms with van der Waals surface area (Å²) in [6.45, 7) is 18.0. The SMILES string of the molecule is C/C(=C\CC/C(C)=C/CC[C@]1(C)CCc2c(C)c(O[SiH](C)C)c(C)c(C)c2O1)CCC=C1CCC1. The van der Waals surface area contributed by atoms with E-state index in [1.165, 1.54) is 59.9 Å². The number of hydrogen-bond acceptors (Lipinski definition) is 2. The van der Waals surface area contributed by atoms with Crippen molar-refractivity contribution in [1.29, 1.82) is 0 Å². The molecule has 0 N–H and O–H groups in total. The van der Waals surface area contributed by atoms with Gasteiger partial charge in [-0.05, 0) is 142 Å². The van der Waals surface area contributed by atoms with Crippen molar-refractivity contribution in [2.24, 2.45) is 0 Å². The smallest absolute Gasteiger partial charge is 0.229 e. The zero-order valence-corrected chi connectivity index (χ0v) is 25.1. The molecule has 35 heavy (non-hydrogen) atoms. The summed E-state index contributed by atoms with van der Waals surface area (Å²) in [5.74, 6) is 2.24. The molecule has 0 spiro atoms. The normalized spacial score (nSPS) is 20.4. The topological polar surface area (TPSA) is 18.5 Å². The fourth-order valence-electron chi connectivity index (χ4n) is 5.33. The Morgan fingerprint density at radius 3 is 2.20 bits per heavy atom. The maximum Gasteiger partial charge on any atom is 0.229 e. The highest BCUT2D eigenvalue weighted by Gasteiger charge is 2.34. The Balaban J connectivity index is 1.51. The molecular weight excluding hydrogens is 444 g/mol. The standard InChI is InChI=1S/C32H50O2Si/c1-23(15-10-17-28-18-11-19-28)13-9-14-24(2)16-12-21-32(6)22-20-29-27(5)30(34-35(7)8)25(3)26(4)31(29)33-32/h13,16-17,35H,9-12,14-15,18-22H2,1-8H3/b23-13+,24-16+/t32-/m1/s1. The Kier molecular flexibility index (Phi) is 9.92. The maximum absolute atomic E-state index is 6.75. The molecule has 1 aliphatic heterocycles. The van der Waals surface area contributed by atoms with Crippen LogP contribution in [0.4, 0.5) is 0 Å². The van der Waals surface area contributed by atoms with Crippen LogP contribution in [0, 0.1) is 20.8 Å². The lowest BCUT2D eigenvalue weighted by molar-refractivity contribution is 0.0559. The lowest BCUT2D eigenvalue weighted by Gasteiger charge is -2.38. The number of ether oxygens (including phenoxy) is 1. The third-order valence-electron chi connectivity index (χ3n) is 8.08. The molecule has 0 bridgehead atoms. The van der Waals surface area contributed by atoms with Crippen LogP contribution in [-0.2, 0) is 6.42 Å². The van der Waals surface area contributed by atoms with E-state index >= 15 is 0 Å². The van der Waals surface area contributed by atoms with E-state index in [0.717, 1.165) is 50.0 Å². The van der Waals surface area contributed by atoms with Crippen LogP contribution in [0.25, 0.3) is 0 Å². The van der Waals surface area contributed by atoms with E-state index in [2.05, 4.69) is 72.9 Å². The Labute approximate surface area is 217 Å². The van der Waals surface area contributed by atoms with Gasteiger partial charge in [-0.1, -0.05) is 34.9 Å². The van der Waals surface area contributed by atoms with Crippen LogP contribution in [0.15, 0.2) is 34.9 Å². The van der Waals surface area contributed by atoms with Gasteiger partial charge in [0.25, 0.3) is 0 Å². The predicted molar refractivity (Wildman–Crippen MR) is 155 cm³/mol. The predicted octanol–water partition coefficient (Wildman–Crippen LogP) is 9.40. The first kappa shape index (κ1) is 27.8. The maximum atomic E-state index is 6.75. The van der Waals surface area contributed by atoms with Crippen LogP contribution >= 0.6 is 0 Å². The van der Waals surface area contributed by atoms with Crippen molar-refractivity contribution in [2.75, 3.05) is 0 Å². The molecule has 3 heteroatoms. The van der Waals surface area contributed by atoms with Crippen LogP contribution in [-0.4, -0.2) is 14.6 Å². The number of hydrogen-bond donors (Lipinski definition) is 0. The van der Waals surface area contributed by atoms with E-state index < -0.39 is 9.04 Å². The second kappa shape index (κ2) is 12.5. The summed E-state index contributed by atoms with van der Waals surface area (Å²) in [4.78, 5) is 0. The second-order valence-electron chi connectivity index (χ2n) is 11.7. The Bertz CT molecular complexity index is 976. The van der Waals surface area contributed by atoms with Gasteiger partial charge in [-0.3, -0.25) is 0 Å². The summed E-state index contributed by atoms with van der Waals surface area (Å²) in [7, 11) is -1.14. The van der Waals surface area contributed by atoms with E-state index in [-0.39, 0.29) is 5.60 Å². The average Bonchev–Trinajstić information content (AvgIpc) is 2.76. The fraction of sp³-hybridized carbons (Fsp3) is 0.625. The summed E-state index contributed by atoms with van der Waals surface area (Å²) < 4.78 is 13.1. The number of fused-ring (bicyclic) bond motifs is 1. The molecule has 0 aromatic heterocycles. The van der Waals surface area contributed by atoms with Crippen molar-refractivity contribution in [2.45, 2.75) is 131 Å². The van der Waals surface area contributed by atoms with E-state index in [4.69, 9.17) is 9.16 Å². The van der Waals surface area contributed by atoms with Gasteiger partial charge in [0.1, 0.15) is 17.1 Å². The summed E-state index contributed by atoms with van der Waals surface area (Å²) in [5, 5.41) is 0. The monoisotopic (exact) mass is 494 g/mol. The van der Waals surface area contributed by atoms with Gasteiger partial charge in [0.2, 0.25) is 9.04 Å². The van der Waals surface area contributed by atoms with Crippen LogP contribution < -0.4 is 9.16 Å². The summed E-state index contributed by atoms with van der Waals surface area (Å²) in [5.41, 5.74) is 9.83. The zero-order valence-electron chi connectivity index (χ0n) is 23.9. The minimum absolute atomic E-state index is 0.0893. The van der Waals surface area contributed by atoms with Crippen molar-refractivity contribution in [1.82, 2.24) is 0 Å². The molecule has 1 aliphatic carbocycles. The van der Waals surface area contributed by atoms with Gasteiger partial charge < -0.3 is 9.16 Å². The fourth-order valence-corrected chi connectivity index (χ4v) is 6.16. The minimum Gasteiger partial charge on any atom is -0.547 e. The zero-order chi connectivity index (χ0) is 25.6. The molecule has 0 radical (unpaired) electrons. The van der Waals surface area contributed by atoms with Crippen LogP contribution in [0.5, 0.6) is 11.5 Å². The molecule has 0 amide bonds. The summed E-state index contributed by atoms with van der Waals surface area (Å²) in [6.07, 6.45) is 20.5. The molecule has 2 aliphatic rings. The van der Waals surface area contributed by atoms with Crippen LogP contribution in [0.3, 0.4) is 0 Å². The molecule has 1 aromatic carbocycles. The number of benzene rings is 1. The highest BCUT2D eigenvalue weighted by atomic mass is 28.3. The highest BCUT2D eigenvalue weighted by Crippen LogP contribution is 2.45. The number of rotatable bonds is 11. The Morgan fingerprint density at radius 1 is 0.914 bits per heavy atom. The molecular formula is C32H50O2Si. The van der Waals surface area contributed by atoms with Crippen molar-refractivity contribution in [3.8, 4) is 11.5 Å². The van der Waals surface area contributed by atoms with E-state index in [9.17, 15) is 0 Å². The van der Waals surface area contributed by atoms with Gasteiger partial charge >= 0.3 is 0 Å². The molecule has 194 valence electrons. The van der Waals surface area contributed by atoms with Crippen molar-refractivity contribution in [3.63, 3.8) is 0 Å². The first-order chi connectivity index (χ1) is 16.6. The van der Waals surface area contributed by atoms with Gasteiger partial charge in [0, 0.05) is 5.56 Å². The molecule has 1 heterocycles. The Morgan fingerprint density at radius 2 is 1.57 bits per heavy atom. The van der Waals surface area contributed by atoms with Crippen LogP contribution in [0.2, 0.25) is 13.1 Å². The molecule has 1 saturated carbocycles. The third-order valence-corrected chi connectivity index (χ3v) is 8.79. The van der Waals surface area contributed by atoms with Crippen molar-refractivity contribution < 1.29 is 9.16 Å². The van der Waals surface area contributed by atoms with Gasteiger partial charge in [-0.25, -0.2) is 0 Å². The molecule has 1 fully saturated rings. The average molecular weight is 495 g/mol. The summed E-state index contributed by atoms with van der Waals surface area (Å²) >= 11 is 0. The van der Waals surface area contributed by atoms with E-state index in [1.54, 1.807) is 11.1 Å². The van der Waals surface area contributed by atoms with Crippen molar-refractivity contribution >= 4 is 9.04 Å². The molecule has 3 rings (SSSR count). The van der Waals surface area contributed by atoms with Gasteiger partial charge in [-0.15, -0.1) is 0 Å². The third kappa shape index (κ3) is 7.62. The minimum atomic E-state index is -1.14. The highest BCUT2D eigenvalue weighted by molar-refractivity contribution is 6.49. The molecule has 0 unspecified atom stereocenters. The largest absolute Gasteiger partial charge is 0.547 e. The first-order valence-corrected chi connectivity index (χ1v) is 16.8. The van der Waals surface area contributed by atoms with Crippen molar-refractivity contribution in [3.05, 3.63) is 57.2 Å². The van der Waals surface area contributed by atoms with Gasteiger partial charge in [0.05, 0.1) is 0 Å². The van der Waals surface area contributed by atoms with Gasteiger partial charge in [-0.2, -0.15) is 0 Å². The number of allylic oxidation sites excluding steroid dienone is 6. The first-order valence-electron chi connectivity index (χ1n) is 14.1. The summed E-state index contributed by atoms with van der Waals surface area (Å²) in [6, 6.07) is 0. The lowest BCUT2D eigenvalue weighted by Crippen LogP contribution is -2.37. The quantitative estimate of drug-likeness (QED) is 0.225. The lowest BCUT2D eigenvalue weighted by atomic mass is 9.85. The van der Waals surface area contributed by atoms with E-state index in [0.29, 0.717) is 0 Å². The molecule has 2 nitrogen and oxygen atoms in total. The van der Waals surface area contributed by atoms with Crippen LogP contribution in [0.1, 0.15) is 107 Å². The van der Waals surface area contributed by atoms with Gasteiger partial charge in [0.15, 0.2) is 0 Å². The molecule has 1 aromatic rings. The molecule has 1 atom stereocenters. The molecule has 0 saturated heterocycles. The Hall–Kier alpha value is -1.74. The van der Waals surface area contributed by atoms with E-state index in [1.807, 2.05) is 0 Å².